The molecule has 0 bridgehead atoms. The summed E-state index contributed by atoms with van der Waals surface area (Å²) in [4.78, 5) is 1.22. The first-order valence-corrected chi connectivity index (χ1v) is 6.47. The molecule has 0 saturated carbocycles. The van der Waals surface area contributed by atoms with Crippen LogP contribution in [-0.2, 0) is 0 Å². The molecule has 2 aromatic rings. The maximum absolute atomic E-state index is 6.19. The number of hydrogen-bond acceptors (Lipinski definition) is 2. The van der Waals surface area contributed by atoms with Gasteiger partial charge in [0, 0.05) is 14.9 Å². The number of aryl methyl sites for hydroxylation is 1. The zero-order chi connectivity index (χ0) is 11.7. The van der Waals surface area contributed by atoms with E-state index in [0.717, 1.165) is 11.1 Å². The third-order valence-corrected chi connectivity index (χ3v) is 3.96. The zero-order valence-corrected chi connectivity index (χ0v) is 11.0. The Morgan fingerprint density at radius 2 is 1.94 bits per heavy atom. The summed E-state index contributed by atoms with van der Waals surface area (Å²) in [5.41, 5.74) is 8.22. The van der Waals surface area contributed by atoms with Crippen LogP contribution >= 0.6 is 34.5 Å². The van der Waals surface area contributed by atoms with E-state index in [1.54, 1.807) is 17.4 Å². The molecule has 84 valence electrons. The summed E-state index contributed by atoms with van der Waals surface area (Å²) in [6.07, 6.45) is 0. The van der Waals surface area contributed by atoms with Crippen molar-refractivity contribution in [3.8, 4) is 0 Å². The summed E-state index contributed by atoms with van der Waals surface area (Å²) in [6, 6.07) is 7.27. The molecule has 0 fully saturated rings. The smallest absolute Gasteiger partial charge is 0.0577 e. The second-order valence-electron chi connectivity index (χ2n) is 3.58. The highest BCUT2D eigenvalue weighted by atomic mass is 35.5. The quantitative estimate of drug-likeness (QED) is 0.860. The van der Waals surface area contributed by atoms with E-state index < -0.39 is 0 Å². The van der Waals surface area contributed by atoms with Gasteiger partial charge in [-0.05, 0) is 41.6 Å². The number of halogens is 2. The number of benzene rings is 1. The summed E-state index contributed by atoms with van der Waals surface area (Å²) < 4.78 is 0. The van der Waals surface area contributed by atoms with Crippen molar-refractivity contribution >= 4 is 34.5 Å². The summed E-state index contributed by atoms with van der Waals surface area (Å²) in [7, 11) is 0. The maximum atomic E-state index is 6.19. The van der Waals surface area contributed by atoms with Crippen molar-refractivity contribution in [2.75, 3.05) is 0 Å². The van der Waals surface area contributed by atoms with Gasteiger partial charge in [-0.25, -0.2) is 0 Å². The average molecular weight is 272 g/mol. The SMILES string of the molecule is Cc1sccc1C(N)c1ccc(Cl)cc1Cl. The highest BCUT2D eigenvalue weighted by Crippen LogP contribution is 2.31. The molecule has 1 heterocycles. The van der Waals surface area contributed by atoms with Crippen LogP contribution < -0.4 is 5.73 Å². The fourth-order valence-corrected chi connectivity index (χ4v) is 2.91. The Bertz CT molecular complexity index is 507. The lowest BCUT2D eigenvalue weighted by atomic mass is 10.0. The van der Waals surface area contributed by atoms with E-state index in [4.69, 9.17) is 28.9 Å². The van der Waals surface area contributed by atoms with Crippen LogP contribution in [0.15, 0.2) is 29.6 Å². The van der Waals surface area contributed by atoms with Crippen LogP contribution in [0.5, 0.6) is 0 Å². The lowest BCUT2D eigenvalue weighted by molar-refractivity contribution is 0.870. The largest absolute Gasteiger partial charge is 0.320 e. The Balaban J connectivity index is 2.41. The minimum absolute atomic E-state index is 0.184. The molecule has 0 saturated heterocycles. The Morgan fingerprint density at radius 3 is 2.50 bits per heavy atom. The lowest BCUT2D eigenvalue weighted by Crippen LogP contribution is -2.12. The van der Waals surface area contributed by atoms with E-state index in [0.29, 0.717) is 10.0 Å². The van der Waals surface area contributed by atoms with Gasteiger partial charge in [-0.2, -0.15) is 0 Å². The van der Waals surface area contributed by atoms with Gasteiger partial charge in [-0.1, -0.05) is 29.3 Å². The van der Waals surface area contributed by atoms with Crippen molar-refractivity contribution in [3.05, 3.63) is 55.7 Å². The fourth-order valence-electron chi connectivity index (χ4n) is 1.64. The van der Waals surface area contributed by atoms with Crippen molar-refractivity contribution in [1.82, 2.24) is 0 Å². The fraction of sp³-hybridized carbons (Fsp3) is 0.167. The molecule has 0 aliphatic rings. The van der Waals surface area contributed by atoms with E-state index in [1.165, 1.54) is 4.88 Å². The number of hydrogen-bond donors (Lipinski definition) is 1. The molecule has 1 nitrogen and oxygen atoms in total. The van der Waals surface area contributed by atoms with E-state index >= 15 is 0 Å². The molecule has 1 aromatic carbocycles. The zero-order valence-electron chi connectivity index (χ0n) is 8.71. The molecule has 1 unspecified atom stereocenters. The van der Waals surface area contributed by atoms with Crippen LogP contribution in [0.2, 0.25) is 10.0 Å². The summed E-state index contributed by atoms with van der Waals surface area (Å²) in [5.74, 6) is 0. The minimum atomic E-state index is -0.184. The monoisotopic (exact) mass is 271 g/mol. The first-order chi connectivity index (χ1) is 7.59. The standard InChI is InChI=1S/C12H11Cl2NS/c1-7-9(4-5-16-7)12(15)10-3-2-8(13)6-11(10)14/h2-6,12H,15H2,1H3. The maximum Gasteiger partial charge on any atom is 0.0577 e. The first kappa shape index (κ1) is 11.9. The molecule has 4 heteroatoms. The number of rotatable bonds is 2. The van der Waals surface area contributed by atoms with Gasteiger partial charge in [0.2, 0.25) is 0 Å². The topological polar surface area (TPSA) is 26.0 Å². The van der Waals surface area contributed by atoms with Gasteiger partial charge in [0.25, 0.3) is 0 Å². The van der Waals surface area contributed by atoms with Gasteiger partial charge in [-0.3, -0.25) is 0 Å². The summed E-state index contributed by atoms with van der Waals surface area (Å²) in [5, 5.41) is 3.28. The van der Waals surface area contributed by atoms with Crippen LogP contribution in [0, 0.1) is 6.92 Å². The van der Waals surface area contributed by atoms with Gasteiger partial charge >= 0.3 is 0 Å². The molecule has 1 aromatic heterocycles. The lowest BCUT2D eigenvalue weighted by Gasteiger charge is -2.14. The molecule has 16 heavy (non-hydrogen) atoms. The molecule has 1 atom stereocenters. The minimum Gasteiger partial charge on any atom is -0.320 e. The molecule has 2 N–H and O–H groups in total. The summed E-state index contributed by atoms with van der Waals surface area (Å²) in [6.45, 7) is 2.06. The van der Waals surface area contributed by atoms with E-state index in [1.807, 2.05) is 23.6 Å². The van der Waals surface area contributed by atoms with Crippen LogP contribution in [0.4, 0.5) is 0 Å². The Labute approximate surface area is 109 Å². The van der Waals surface area contributed by atoms with Crippen molar-refractivity contribution in [1.29, 1.82) is 0 Å². The normalized spacial score (nSPS) is 12.8. The van der Waals surface area contributed by atoms with Crippen molar-refractivity contribution in [2.45, 2.75) is 13.0 Å². The molecule has 0 radical (unpaired) electrons. The molecular formula is C12H11Cl2NS. The van der Waals surface area contributed by atoms with Crippen molar-refractivity contribution < 1.29 is 0 Å². The third kappa shape index (κ3) is 2.25. The molecule has 0 amide bonds. The predicted molar refractivity (Wildman–Crippen MR) is 71.5 cm³/mol. The Kier molecular flexibility index (Phi) is 3.55. The second-order valence-corrected chi connectivity index (χ2v) is 5.54. The Hall–Kier alpha value is -0.540. The average Bonchev–Trinajstić information content (AvgIpc) is 2.63. The Morgan fingerprint density at radius 1 is 1.19 bits per heavy atom. The van der Waals surface area contributed by atoms with Gasteiger partial charge in [-0.15, -0.1) is 11.3 Å². The van der Waals surface area contributed by atoms with Gasteiger partial charge < -0.3 is 5.73 Å². The molecular weight excluding hydrogens is 261 g/mol. The second kappa shape index (κ2) is 4.76. The predicted octanol–water partition coefficient (Wildman–Crippen LogP) is 4.41. The van der Waals surface area contributed by atoms with Gasteiger partial charge in [0.05, 0.1) is 6.04 Å². The van der Waals surface area contributed by atoms with E-state index in [-0.39, 0.29) is 6.04 Å². The van der Waals surface area contributed by atoms with Crippen molar-refractivity contribution in [3.63, 3.8) is 0 Å². The van der Waals surface area contributed by atoms with Crippen molar-refractivity contribution in [2.24, 2.45) is 5.73 Å². The molecule has 0 aliphatic heterocycles. The van der Waals surface area contributed by atoms with Crippen LogP contribution in [0.25, 0.3) is 0 Å². The molecule has 0 spiro atoms. The third-order valence-electron chi connectivity index (χ3n) is 2.53. The van der Waals surface area contributed by atoms with Crippen LogP contribution in [0.1, 0.15) is 22.0 Å². The van der Waals surface area contributed by atoms with E-state index in [2.05, 4.69) is 6.92 Å². The van der Waals surface area contributed by atoms with Gasteiger partial charge in [0.15, 0.2) is 0 Å². The summed E-state index contributed by atoms with van der Waals surface area (Å²) >= 11 is 13.7. The van der Waals surface area contributed by atoms with E-state index in [9.17, 15) is 0 Å². The number of thiophene rings is 1. The molecule has 2 rings (SSSR count). The highest BCUT2D eigenvalue weighted by Gasteiger charge is 2.15. The van der Waals surface area contributed by atoms with Crippen LogP contribution in [0.3, 0.4) is 0 Å². The first-order valence-electron chi connectivity index (χ1n) is 4.84. The van der Waals surface area contributed by atoms with Gasteiger partial charge in [0.1, 0.15) is 0 Å². The number of nitrogens with two attached hydrogens (primary N) is 1. The highest BCUT2D eigenvalue weighted by molar-refractivity contribution is 7.10. The van der Waals surface area contributed by atoms with Crippen LogP contribution in [-0.4, -0.2) is 0 Å². The molecule has 0 aliphatic carbocycles.